The molecule has 0 aliphatic heterocycles. The van der Waals surface area contributed by atoms with Crippen LogP contribution in [-0.2, 0) is 0 Å². The van der Waals surface area contributed by atoms with Gasteiger partial charge in [-0.05, 0) is 13.0 Å². The Morgan fingerprint density at radius 2 is 2.21 bits per heavy atom. The Morgan fingerprint density at radius 1 is 1.50 bits per heavy atom. The van der Waals surface area contributed by atoms with E-state index in [9.17, 15) is 0 Å². The van der Waals surface area contributed by atoms with Crippen LogP contribution in [0.5, 0.6) is 5.75 Å². The van der Waals surface area contributed by atoms with E-state index in [1.165, 1.54) is 0 Å². The molecular weight excluding hydrogens is 198 g/mol. The van der Waals surface area contributed by atoms with Gasteiger partial charge in [0.25, 0.3) is 0 Å². The molecule has 0 aliphatic rings. The standard InChI is InChI=1S/C11H14ClNO/c1-8(13)6-7-9-4-3-5-10(12)11(9)14-2/h3-8H,13H2,1-2H3/b7-6+. The Balaban J connectivity index is 3.02. The van der Waals surface area contributed by atoms with Crippen molar-refractivity contribution in [1.29, 1.82) is 0 Å². The van der Waals surface area contributed by atoms with Crippen molar-refractivity contribution in [2.75, 3.05) is 7.11 Å². The van der Waals surface area contributed by atoms with E-state index in [0.29, 0.717) is 10.8 Å². The highest BCUT2D eigenvalue weighted by molar-refractivity contribution is 6.32. The average molecular weight is 212 g/mol. The van der Waals surface area contributed by atoms with Crippen LogP contribution in [0.4, 0.5) is 0 Å². The van der Waals surface area contributed by atoms with Gasteiger partial charge in [-0.2, -0.15) is 0 Å². The molecule has 0 saturated carbocycles. The van der Waals surface area contributed by atoms with E-state index in [4.69, 9.17) is 22.1 Å². The first-order chi connectivity index (χ1) is 6.65. The predicted octanol–water partition coefficient (Wildman–Crippen LogP) is 2.71. The molecule has 0 heterocycles. The summed E-state index contributed by atoms with van der Waals surface area (Å²) in [5, 5.41) is 0.610. The summed E-state index contributed by atoms with van der Waals surface area (Å²) in [6, 6.07) is 5.64. The monoisotopic (exact) mass is 211 g/mol. The lowest BCUT2D eigenvalue weighted by Crippen LogP contribution is -2.09. The van der Waals surface area contributed by atoms with Crippen LogP contribution in [0.15, 0.2) is 24.3 Å². The molecule has 0 aromatic heterocycles. The van der Waals surface area contributed by atoms with Crippen LogP contribution in [0.2, 0.25) is 5.02 Å². The molecule has 14 heavy (non-hydrogen) atoms. The Labute approximate surface area is 89.3 Å². The number of hydrogen-bond acceptors (Lipinski definition) is 2. The highest BCUT2D eigenvalue weighted by Gasteiger charge is 2.03. The van der Waals surface area contributed by atoms with Crippen LogP contribution >= 0.6 is 11.6 Å². The third-order valence-corrected chi connectivity index (χ3v) is 2.08. The van der Waals surface area contributed by atoms with Crippen molar-refractivity contribution in [2.45, 2.75) is 13.0 Å². The van der Waals surface area contributed by atoms with Gasteiger partial charge >= 0.3 is 0 Å². The predicted molar refractivity (Wildman–Crippen MR) is 60.7 cm³/mol. The maximum atomic E-state index is 5.95. The zero-order chi connectivity index (χ0) is 10.6. The normalized spacial score (nSPS) is 13.1. The second-order valence-corrected chi connectivity index (χ2v) is 3.49. The number of hydrogen-bond donors (Lipinski definition) is 1. The van der Waals surface area contributed by atoms with Gasteiger partial charge in [-0.3, -0.25) is 0 Å². The molecule has 2 N–H and O–H groups in total. The van der Waals surface area contributed by atoms with Gasteiger partial charge in [0, 0.05) is 11.6 Å². The molecule has 1 aromatic rings. The van der Waals surface area contributed by atoms with Gasteiger partial charge in [0.1, 0.15) is 5.75 Å². The molecule has 0 radical (unpaired) electrons. The number of rotatable bonds is 3. The summed E-state index contributed by atoms with van der Waals surface area (Å²) in [4.78, 5) is 0. The molecule has 1 aromatic carbocycles. The van der Waals surface area contributed by atoms with Crippen molar-refractivity contribution < 1.29 is 4.74 Å². The van der Waals surface area contributed by atoms with Gasteiger partial charge in [-0.15, -0.1) is 0 Å². The van der Waals surface area contributed by atoms with Gasteiger partial charge in [0.15, 0.2) is 0 Å². The zero-order valence-corrected chi connectivity index (χ0v) is 9.08. The molecule has 1 atom stereocenters. The number of ether oxygens (including phenoxy) is 1. The Kier molecular flexibility index (Phi) is 3.98. The summed E-state index contributed by atoms with van der Waals surface area (Å²) in [5.41, 5.74) is 6.55. The minimum Gasteiger partial charge on any atom is -0.495 e. The second-order valence-electron chi connectivity index (χ2n) is 3.08. The van der Waals surface area contributed by atoms with Crippen molar-refractivity contribution in [3.63, 3.8) is 0 Å². The lowest BCUT2D eigenvalue weighted by atomic mass is 10.1. The van der Waals surface area contributed by atoms with Crippen LogP contribution in [0.25, 0.3) is 6.08 Å². The van der Waals surface area contributed by atoms with Crippen molar-refractivity contribution in [1.82, 2.24) is 0 Å². The van der Waals surface area contributed by atoms with Crippen LogP contribution in [-0.4, -0.2) is 13.2 Å². The molecule has 1 rings (SSSR count). The van der Waals surface area contributed by atoms with Crippen LogP contribution in [0, 0.1) is 0 Å². The van der Waals surface area contributed by atoms with Crippen LogP contribution in [0.1, 0.15) is 12.5 Å². The zero-order valence-electron chi connectivity index (χ0n) is 8.33. The van der Waals surface area contributed by atoms with E-state index in [0.717, 1.165) is 5.56 Å². The van der Waals surface area contributed by atoms with Crippen molar-refractivity contribution in [3.8, 4) is 5.75 Å². The number of benzene rings is 1. The molecule has 0 bridgehead atoms. The maximum absolute atomic E-state index is 5.95. The lowest BCUT2D eigenvalue weighted by Gasteiger charge is -2.06. The highest BCUT2D eigenvalue weighted by Crippen LogP contribution is 2.28. The van der Waals surface area contributed by atoms with Crippen molar-refractivity contribution in [3.05, 3.63) is 34.9 Å². The molecule has 0 amide bonds. The molecule has 0 fully saturated rings. The Bertz CT molecular complexity index is 334. The first kappa shape index (κ1) is 11.1. The number of methoxy groups -OCH3 is 1. The third-order valence-electron chi connectivity index (χ3n) is 1.78. The summed E-state index contributed by atoms with van der Waals surface area (Å²) in [6.07, 6.45) is 3.81. The molecule has 1 unspecified atom stereocenters. The summed E-state index contributed by atoms with van der Waals surface area (Å²) in [6.45, 7) is 1.91. The summed E-state index contributed by atoms with van der Waals surface area (Å²) >= 11 is 5.95. The molecular formula is C11H14ClNO. The van der Waals surface area contributed by atoms with Crippen molar-refractivity contribution in [2.24, 2.45) is 5.73 Å². The van der Waals surface area contributed by atoms with E-state index in [1.54, 1.807) is 13.2 Å². The number of para-hydroxylation sites is 1. The van der Waals surface area contributed by atoms with Crippen molar-refractivity contribution >= 4 is 17.7 Å². The van der Waals surface area contributed by atoms with Gasteiger partial charge < -0.3 is 10.5 Å². The van der Waals surface area contributed by atoms with Gasteiger partial charge in [0.05, 0.1) is 12.1 Å². The molecule has 0 saturated heterocycles. The molecule has 0 aliphatic carbocycles. The first-order valence-electron chi connectivity index (χ1n) is 4.41. The van der Waals surface area contributed by atoms with Gasteiger partial charge in [0.2, 0.25) is 0 Å². The Hall–Kier alpha value is -0.990. The van der Waals surface area contributed by atoms with E-state index < -0.39 is 0 Å². The van der Waals surface area contributed by atoms with E-state index in [1.807, 2.05) is 31.2 Å². The summed E-state index contributed by atoms with van der Waals surface area (Å²) in [7, 11) is 1.60. The van der Waals surface area contributed by atoms with E-state index >= 15 is 0 Å². The average Bonchev–Trinajstić information content (AvgIpc) is 2.14. The second kappa shape index (κ2) is 5.03. The lowest BCUT2D eigenvalue weighted by molar-refractivity contribution is 0.414. The van der Waals surface area contributed by atoms with Crippen LogP contribution in [0.3, 0.4) is 0 Å². The summed E-state index contributed by atoms with van der Waals surface area (Å²) in [5.74, 6) is 0.686. The Morgan fingerprint density at radius 3 is 2.79 bits per heavy atom. The third kappa shape index (κ3) is 2.76. The fraction of sp³-hybridized carbons (Fsp3) is 0.273. The SMILES string of the molecule is COc1c(Cl)cccc1/C=C/C(C)N. The number of halogens is 1. The fourth-order valence-corrected chi connectivity index (χ4v) is 1.39. The maximum Gasteiger partial charge on any atom is 0.144 e. The molecule has 0 spiro atoms. The smallest absolute Gasteiger partial charge is 0.144 e. The minimum atomic E-state index is 0.0266. The van der Waals surface area contributed by atoms with Gasteiger partial charge in [-0.25, -0.2) is 0 Å². The quantitative estimate of drug-likeness (QED) is 0.835. The topological polar surface area (TPSA) is 35.2 Å². The first-order valence-corrected chi connectivity index (χ1v) is 4.79. The van der Waals surface area contributed by atoms with Gasteiger partial charge in [-0.1, -0.05) is 35.9 Å². The largest absolute Gasteiger partial charge is 0.495 e. The number of nitrogens with two attached hydrogens (primary N) is 1. The highest BCUT2D eigenvalue weighted by atomic mass is 35.5. The molecule has 3 heteroatoms. The summed E-state index contributed by atoms with van der Waals surface area (Å²) < 4.78 is 5.18. The van der Waals surface area contributed by atoms with Crippen LogP contribution < -0.4 is 10.5 Å². The minimum absolute atomic E-state index is 0.0266. The van der Waals surface area contributed by atoms with E-state index in [-0.39, 0.29) is 6.04 Å². The molecule has 76 valence electrons. The fourth-order valence-electron chi connectivity index (χ4n) is 1.13. The molecule has 2 nitrogen and oxygen atoms in total. The van der Waals surface area contributed by atoms with E-state index in [2.05, 4.69) is 0 Å².